The van der Waals surface area contributed by atoms with Gasteiger partial charge in [0.15, 0.2) is 0 Å². The number of imidazole rings is 1. The van der Waals surface area contributed by atoms with E-state index in [0.717, 1.165) is 16.9 Å². The number of hydrogen-bond donors (Lipinski definition) is 1. The van der Waals surface area contributed by atoms with Crippen molar-refractivity contribution in [3.8, 4) is 5.75 Å². The number of para-hydroxylation sites is 2. The van der Waals surface area contributed by atoms with Crippen LogP contribution in [0.5, 0.6) is 5.75 Å². The molecule has 0 radical (unpaired) electrons. The van der Waals surface area contributed by atoms with Gasteiger partial charge in [0.1, 0.15) is 18.2 Å². The summed E-state index contributed by atoms with van der Waals surface area (Å²) in [6, 6.07) is 14.0. The van der Waals surface area contributed by atoms with E-state index in [9.17, 15) is 8.42 Å². The zero-order valence-corrected chi connectivity index (χ0v) is 15.1. The molecule has 1 aliphatic rings. The molecule has 2 aromatic carbocycles. The Morgan fingerprint density at radius 3 is 2.77 bits per heavy atom. The Hall–Kier alpha value is -2.42. The van der Waals surface area contributed by atoms with E-state index in [-0.39, 0.29) is 17.5 Å². The van der Waals surface area contributed by atoms with Crippen LogP contribution < -0.4 is 9.46 Å². The van der Waals surface area contributed by atoms with Crippen molar-refractivity contribution in [3.05, 3.63) is 54.4 Å². The van der Waals surface area contributed by atoms with Crippen molar-refractivity contribution >= 4 is 21.1 Å². The van der Waals surface area contributed by atoms with Crippen molar-refractivity contribution in [2.24, 2.45) is 0 Å². The van der Waals surface area contributed by atoms with Crippen LogP contribution in [0.2, 0.25) is 0 Å². The lowest BCUT2D eigenvalue weighted by molar-refractivity contribution is 0.0581. The lowest BCUT2D eigenvalue weighted by Gasteiger charge is -2.26. The number of methoxy groups -OCH3 is 1. The number of nitrogens with zero attached hydrogens (tertiary/aromatic N) is 2. The monoisotopic (exact) mass is 373 g/mol. The number of ether oxygens (including phenoxy) is 2. The Morgan fingerprint density at radius 1 is 1.23 bits per heavy atom. The van der Waals surface area contributed by atoms with Gasteiger partial charge in [-0.25, -0.2) is 18.1 Å². The van der Waals surface area contributed by atoms with E-state index in [4.69, 9.17) is 9.47 Å². The van der Waals surface area contributed by atoms with Crippen LogP contribution in [0.4, 0.5) is 0 Å². The summed E-state index contributed by atoms with van der Waals surface area (Å²) in [5, 5.41) is 0. The molecule has 0 saturated heterocycles. The Kier molecular flexibility index (Phi) is 4.39. The van der Waals surface area contributed by atoms with Gasteiger partial charge in [0.2, 0.25) is 10.0 Å². The van der Waals surface area contributed by atoms with Crippen molar-refractivity contribution < 1.29 is 17.9 Å². The van der Waals surface area contributed by atoms with Gasteiger partial charge in [0, 0.05) is 6.54 Å². The Morgan fingerprint density at radius 2 is 2.00 bits per heavy atom. The molecule has 136 valence electrons. The van der Waals surface area contributed by atoms with Gasteiger partial charge in [-0.15, -0.1) is 0 Å². The highest BCUT2D eigenvalue weighted by Crippen LogP contribution is 2.26. The van der Waals surface area contributed by atoms with Crippen molar-refractivity contribution in [1.29, 1.82) is 0 Å². The average Bonchev–Trinajstić information content (AvgIpc) is 3.05. The van der Waals surface area contributed by atoms with Gasteiger partial charge in [0.25, 0.3) is 0 Å². The van der Waals surface area contributed by atoms with Crippen LogP contribution in [0, 0.1) is 0 Å². The number of aromatic nitrogens is 2. The summed E-state index contributed by atoms with van der Waals surface area (Å²) in [7, 11) is -2.08. The summed E-state index contributed by atoms with van der Waals surface area (Å²) in [6.07, 6.45) is 0. The predicted octanol–water partition coefficient (Wildman–Crippen LogP) is 2.09. The summed E-state index contributed by atoms with van der Waals surface area (Å²) in [5.41, 5.74) is 1.87. The molecule has 3 aromatic rings. The third-order valence-corrected chi connectivity index (χ3v) is 5.89. The fourth-order valence-corrected chi connectivity index (χ4v) is 4.23. The molecule has 1 atom stereocenters. The molecule has 0 bridgehead atoms. The zero-order chi connectivity index (χ0) is 18.1. The molecule has 0 fully saturated rings. The Bertz CT molecular complexity index is 1030. The standard InChI is InChI=1S/C18H19N3O4S/c1-24-14-6-8-15(9-7-14)26(22,23)19-10-13-11-25-12-18-20-16-4-2-3-5-17(16)21(13)18/h2-9,13,19H,10-12H2,1H3/t13-/m0/s1. The first-order valence-corrected chi connectivity index (χ1v) is 9.74. The van der Waals surface area contributed by atoms with Gasteiger partial charge >= 0.3 is 0 Å². The normalized spacial score (nSPS) is 17.2. The van der Waals surface area contributed by atoms with Gasteiger partial charge < -0.3 is 14.0 Å². The summed E-state index contributed by atoms with van der Waals surface area (Å²) in [4.78, 5) is 4.77. The number of benzene rings is 2. The number of sulfonamides is 1. The molecule has 0 saturated carbocycles. The van der Waals surface area contributed by atoms with Crippen LogP contribution in [0.25, 0.3) is 11.0 Å². The molecule has 1 aliphatic heterocycles. The second-order valence-electron chi connectivity index (χ2n) is 6.08. The molecule has 7 nitrogen and oxygen atoms in total. The molecule has 0 aliphatic carbocycles. The SMILES string of the molecule is COc1ccc(S(=O)(=O)NC[C@H]2COCc3nc4ccccc4n32)cc1. The average molecular weight is 373 g/mol. The number of fused-ring (bicyclic) bond motifs is 3. The van der Waals surface area contributed by atoms with E-state index in [1.807, 2.05) is 24.3 Å². The molecule has 4 rings (SSSR count). The first-order valence-electron chi connectivity index (χ1n) is 8.26. The summed E-state index contributed by atoms with van der Waals surface area (Å²) in [6.45, 7) is 1.08. The molecule has 1 N–H and O–H groups in total. The molecule has 26 heavy (non-hydrogen) atoms. The lowest BCUT2D eigenvalue weighted by atomic mass is 10.2. The van der Waals surface area contributed by atoms with Crippen LogP contribution in [0.1, 0.15) is 11.9 Å². The summed E-state index contributed by atoms with van der Waals surface area (Å²) in [5.74, 6) is 1.42. The number of hydrogen-bond acceptors (Lipinski definition) is 5. The second-order valence-corrected chi connectivity index (χ2v) is 7.85. The molecule has 8 heteroatoms. The fourth-order valence-electron chi connectivity index (χ4n) is 3.16. The van der Waals surface area contributed by atoms with Crippen LogP contribution in [0.15, 0.2) is 53.4 Å². The first-order chi connectivity index (χ1) is 12.6. The maximum atomic E-state index is 12.6. The molecule has 0 spiro atoms. The maximum Gasteiger partial charge on any atom is 0.240 e. The van der Waals surface area contributed by atoms with E-state index in [1.54, 1.807) is 12.1 Å². The zero-order valence-electron chi connectivity index (χ0n) is 14.3. The third kappa shape index (κ3) is 3.07. The van der Waals surface area contributed by atoms with Crippen LogP contribution in [-0.2, 0) is 21.4 Å². The highest BCUT2D eigenvalue weighted by Gasteiger charge is 2.25. The number of rotatable bonds is 5. The van der Waals surface area contributed by atoms with Crippen LogP contribution in [-0.4, -0.2) is 38.2 Å². The van der Waals surface area contributed by atoms with Crippen molar-refractivity contribution in [2.45, 2.75) is 17.5 Å². The largest absolute Gasteiger partial charge is 0.497 e. The van der Waals surface area contributed by atoms with Gasteiger partial charge in [-0.2, -0.15) is 0 Å². The molecular formula is C18H19N3O4S. The fraction of sp³-hybridized carbons (Fsp3) is 0.278. The van der Waals surface area contributed by atoms with Crippen molar-refractivity contribution in [3.63, 3.8) is 0 Å². The smallest absolute Gasteiger partial charge is 0.240 e. The molecule has 1 aromatic heterocycles. The Balaban J connectivity index is 1.57. The van der Waals surface area contributed by atoms with E-state index in [0.29, 0.717) is 19.0 Å². The van der Waals surface area contributed by atoms with E-state index >= 15 is 0 Å². The molecule has 2 heterocycles. The molecular weight excluding hydrogens is 354 g/mol. The van der Waals surface area contributed by atoms with Crippen molar-refractivity contribution in [1.82, 2.24) is 14.3 Å². The highest BCUT2D eigenvalue weighted by atomic mass is 32.2. The van der Waals surface area contributed by atoms with Crippen LogP contribution >= 0.6 is 0 Å². The molecule has 0 amide bonds. The summed E-state index contributed by atoms with van der Waals surface area (Å²) >= 11 is 0. The van der Waals surface area contributed by atoms with Gasteiger partial charge in [-0.3, -0.25) is 0 Å². The highest BCUT2D eigenvalue weighted by molar-refractivity contribution is 7.89. The minimum Gasteiger partial charge on any atom is -0.497 e. The Labute approximate surface area is 151 Å². The third-order valence-electron chi connectivity index (χ3n) is 4.45. The number of nitrogens with one attached hydrogen (secondary N) is 1. The van der Waals surface area contributed by atoms with Gasteiger partial charge in [-0.05, 0) is 36.4 Å². The maximum absolute atomic E-state index is 12.6. The minimum absolute atomic E-state index is 0.154. The van der Waals surface area contributed by atoms with E-state index in [1.165, 1.54) is 19.2 Å². The van der Waals surface area contributed by atoms with E-state index < -0.39 is 10.0 Å². The topological polar surface area (TPSA) is 82.5 Å². The van der Waals surface area contributed by atoms with Crippen molar-refractivity contribution in [2.75, 3.05) is 20.3 Å². The van der Waals surface area contributed by atoms with E-state index in [2.05, 4.69) is 14.3 Å². The predicted molar refractivity (Wildman–Crippen MR) is 96.6 cm³/mol. The van der Waals surface area contributed by atoms with Gasteiger partial charge in [0.05, 0.1) is 35.7 Å². The minimum atomic E-state index is -3.62. The van der Waals surface area contributed by atoms with Crippen LogP contribution in [0.3, 0.4) is 0 Å². The summed E-state index contributed by atoms with van der Waals surface area (Å²) < 4.78 is 40.6. The second kappa shape index (κ2) is 6.71. The van der Waals surface area contributed by atoms with Gasteiger partial charge in [-0.1, -0.05) is 12.1 Å². The molecule has 0 unspecified atom stereocenters. The first kappa shape index (κ1) is 17.0. The lowest BCUT2D eigenvalue weighted by Crippen LogP contribution is -2.35. The quantitative estimate of drug-likeness (QED) is 0.741.